The molecule has 0 bridgehead atoms. The molecular weight excluding hydrogens is 328 g/mol. The van der Waals surface area contributed by atoms with Crippen molar-refractivity contribution >= 4 is 22.6 Å². The summed E-state index contributed by atoms with van der Waals surface area (Å²) in [5.41, 5.74) is 2.93. The monoisotopic (exact) mass is 350 g/mol. The summed E-state index contributed by atoms with van der Waals surface area (Å²) in [5, 5.41) is 4.28. The van der Waals surface area contributed by atoms with Crippen LogP contribution in [0.2, 0.25) is 0 Å². The molecule has 0 aliphatic rings. The van der Waals surface area contributed by atoms with Gasteiger partial charge < -0.3 is 14.8 Å². The number of hydrogen-bond donors (Lipinski definition) is 1. The minimum Gasteiger partial charge on any atom is -0.494 e. The number of carbonyl (C=O) groups is 1. The van der Waals surface area contributed by atoms with Gasteiger partial charge in [-0.25, -0.2) is 4.79 Å². The molecule has 1 atom stereocenters. The summed E-state index contributed by atoms with van der Waals surface area (Å²) in [5.74, 6) is 0.265. The van der Waals surface area contributed by atoms with Crippen molar-refractivity contribution in [3.8, 4) is 5.75 Å². The molecule has 0 aliphatic heterocycles. The summed E-state index contributed by atoms with van der Waals surface area (Å²) >= 11 is 0. The normalized spacial score (nSPS) is 11.8. The lowest BCUT2D eigenvalue weighted by molar-refractivity contribution is 0.0527. The van der Waals surface area contributed by atoms with Crippen molar-refractivity contribution in [2.75, 3.05) is 19.0 Å². The molecule has 1 aromatic heterocycles. The Bertz CT molecular complexity index is 910. The van der Waals surface area contributed by atoms with E-state index in [-0.39, 0.29) is 6.04 Å². The molecule has 0 saturated heterocycles. The van der Waals surface area contributed by atoms with Crippen LogP contribution in [0.4, 0.5) is 5.69 Å². The van der Waals surface area contributed by atoms with Crippen molar-refractivity contribution in [3.63, 3.8) is 0 Å². The van der Waals surface area contributed by atoms with Crippen molar-refractivity contribution in [1.29, 1.82) is 0 Å². The first kappa shape index (κ1) is 17.7. The van der Waals surface area contributed by atoms with E-state index in [0.717, 1.165) is 10.9 Å². The van der Waals surface area contributed by atoms with Gasteiger partial charge in [0.05, 0.1) is 19.4 Å². The van der Waals surface area contributed by atoms with Crippen LogP contribution in [0.15, 0.2) is 54.7 Å². The Kier molecular flexibility index (Phi) is 5.37. The van der Waals surface area contributed by atoms with Crippen LogP contribution in [-0.2, 0) is 4.74 Å². The summed E-state index contributed by atoms with van der Waals surface area (Å²) in [6, 6.07) is 15.7. The summed E-state index contributed by atoms with van der Waals surface area (Å²) in [6.07, 6.45) is 1.54. The summed E-state index contributed by atoms with van der Waals surface area (Å²) in [7, 11) is 1.61. The number of ether oxygens (including phenoxy) is 2. The summed E-state index contributed by atoms with van der Waals surface area (Å²) in [6.45, 7) is 4.15. The van der Waals surface area contributed by atoms with E-state index in [1.165, 1.54) is 0 Å². The second-order valence-electron chi connectivity index (χ2n) is 5.90. The zero-order valence-corrected chi connectivity index (χ0v) is 15.2. The molecule has 3 rings (SSSR count). The third-order valence-corrected chi connectivity index (χ3v) is 4.24. The number of methoxy groups -OCH3 is 1. The van der Waals surface area contributed by atoms with Gasteiger partial charge in [0.15, 0.2) is 0 Å². The minimum atomic E-state index is -0.396. The van der Waals surface area contributed by atoms with Gasteiger partial charge >= 0.3 is 5.97 Å². The van der Waals surface area contributed by atoms with Crippen LogP contribution in [0, 0.1) is 0 Å². The van der Waals surface area contributed by atoms with E-state index in [9.17, 15) is 4.79 Å². The molecule has 1 N–H and O–H groups in total. The predicted molar refractivity (Wildman–Crippen MR) is 103 cm³/mol. The molecule has 1 heterocycles. The van der Waals surface area contributed by atoms with Crippen LogP contribution in [0.25, 0.3) is 10.9 Å². The quantitative estimate of drug-likeness (QED) is 0.659. The Balaban J connectivity index is 2.12. The maximum atomic E-state index is 12.4. The van der Waals surface area contributed by atoms with Gasteiger partial charge in [0.1, 0.15) is 16.8 Å². The maximum absolute atomic E-state index is 12.4. The molecule has 3 aromatic rings. The van der Waals surface area contributed by atoms with Crippen LogP contribution in [0.5, 0.6) is 5.75 Å². The van der Waals surface area contributed by atoms with Crippen molar-refractivity contribution < 1.29 is 14.3 Å². The zero-order valence-electron chi connectivity index (χ0n) is 15.2. The first-order valence-electron chi connectivity index (χ1n) is 8.60. The minimum absolute atomic E-state index is 0.00109. The number of anilines is 1. The van der Waals surface area contributed by atoms with E-state index in [1.54, 1.807) is 20.2 Å². The number of hydrogen-bond acceptors (Lipinski definition) is 5. The third kappa shape index (κ3) is 3.47. The highest BCUT2D eigenvalue weighted by atomic mass is 16.5. The first-order valence-corrected chi connectivity index (χ1v) is 8.60. The van der Waals surface area contributed by atoms with Gasteiger partial charge in [0.25, 0.3) is 0 Å². The maximum Gasteiger partial charge on any atom is 0.341 e. The lowest BCUT2D eigenvalue weighted by Gasteiger charge is -2.20. The van der Waals surface area contributed by atoms with E-state index in [0.29, 0.717) is 29.1 Å². The fourth-order valence-corrected chi connectivity index (χ4v) is 2.92. The van der Waals surface area contributed by atoms with Crippen molar-refractivity contribution in [1.82, 2.24) is 4.98 Å². The second-order valence-corrected chi connectivity index (χ2v) is 5.90. The van der Waals surface area contributed by atoms with Crippen molar-refractivity contribution in [2.45, 2.75) is 19.9 Å². The number of benzene rings is 2. The highest BCUT2D eigenvalue weighted by molar-refractivity contribution is 6.06. The third-order valence-electron chi connectivity index (χ3n) is 4.24. The summed E-state index contributed by atoms with van der Waals surface area (Å²) < 4.78 is 10.6. The number of esters is 1. The standard InChI is InChI=1S/C21H22N2O3/c1-4-26-21(24)17-13-22-20-16(11-8-12-18(20)25-3)19(17)23-14(2)15-9-6-5-7-10-15/h5-14H,4H2,1-3H3,(H,22,23). The lowest BCUT2D eigenvalue weighted by atomic mass is 10.0. The molecule has 0 fully saturated rings. The van der Waals surface area contributed by atoms with Gasteiger partial charge in [0.2, 0.25) is 0 Å². The smallest absolute Gasteiger partial charge is 0.341 e. The van der Waals surface area contributed by atoms with Gasteiger partial charge in [-0.15, -0.1) is 0 Å². The molecule has 0 spiro atoms. The van der Waals surface area contributed by atoms with Crippen LogP contribution in [-0.4, -0.2) is 24.7 Å². The Morgan fingerprint density at radius 1 is 1.15 bits per heavy atom. The van der Waals surface area contributed by atoms with E-state index < -0.39 is 5.97 Å². The number of rotatable bonds is 6. The van der Waals surface area contributed by atoms with Gasteiger partial charge in [-0.1, -0.05) is 42.5 Å². The van der Waals surface area contributed by atoms with Crippen molar-refractivity contribution in [3.05, 3.63) is 65.9 Å². The number of para-hydroxylation sites is 1. The lowest BCUT2D eigenvalue weighted by Crippen LogP contribution is -2.14. The molecule has 0 radical (unpaired) electrons. The molecular formula is C21H22N2O3. The first-order chi connectivity index (χ1) is 12.7. The average Bonchev–Trinajstić information content (AvgIpc) is 2.68. The number of fused-ring (bicyclic) bond motifs is 1. The molecule has 5 nitrogen and oxygen atoms in total. The number of pyridine rings is 1. The van der Waals surface area contributed by atoms with E-state index in [4.69, 9.17) is 9.47 Å². The molecule has 134 valence electrons. The fraction of sp³-hybridized carbons (Fsp3) is 0.238. The highest BCUT2D eigenvalue weighted by Crippen LogP contribution is 2.34. The van der Waals surface area contributed by atoms with Crippen LogP contribution in [0.3, 0.4) is 0 Å². The zero-order chi connectivity index (χ0) is 18.5. The van der Waals surface area contributed by atoms with E-state index in [2.05, 4.69) is 17.2 Å². The molecule has 1 unspecified atom stereocenters. The van der Waals surface area contributed by atoms with Crippen LogP contribution >= 0.6 is 0 Å². The van der Waals surface area contributed by atoms with Crippen LogP contribution in [0.1, 0.15) is 35.8 Å². The largest absolute Gasteiger partial charge is 0.494 e. The average molecular weight is 350 g/mol. The van der Waals surface area contributed by atoms with E-state index >= 15 is 0 Å². The SMILES string of the molecule is CCOC(=O)c1cnc2c(OC)cccc2c1NC(C)c1ccccc1. The Labute approximate surface area is 153 Å². The Morgan fingerprint density at radius 3 is 2.62 bits per heavy atom. The van der Waals surface area contributed by atoms with Gasteiger partial charge in [0, 0.05) is 17.6 Å². The highest BCUT2D eigenvalue weighted by Gasteiger charge is 2.20. The topological polar surface area (TPSA) is 60.5 Å². The summed E-state index contributed by atoms with van der Waals surface area (Å²) in [4.78, 5) is 16.9. The fourth-order valence-electron chi connectivity index (χ4n) is 2.92. The van der Waals surface area contributed by atoms with Crippen molar-refractivity contribution in [2.24, 2.45) is 0 Å². The number of carbonyl (C=O) groups excluding carboxylic acids is 1. The second kappa shape index (κ2) is 7.87. The van der Waals surface area contributed by atoms with E-state index in [1.807, 2.05) is 48.5 Å². The molecule has 26 heavy (non-hydrogen) atoms. The van der Waals surface area contributed by atoms with Gasteiger partial charge in [-0.05, 0) is 25.5 Å². The molecule has 0 amide bonds. The van der Waals surface area contributed by atoms with Crippen LogP contribution < -0.4 is 10.1 Å². The van der Waals surface area contributed by atoms with Gasteiger partial charge in [-0.3, -0.25) is 4.98 Å². The number of nitrogens with one attached hydrogen (secondary N) is 1. The molecule has 5 heteroatoms. The Morgan fingerprint density at radius 2 is 1.92 bits per heavy atom. The predicted octanol–water partition coefficient (Wildman–Crippen LogP) is 4.59. The molecule has 0 saturated carbocycles. The number of aromatic nitrogens is 1. The molecule has 2 aromatic carbocycles. The number of nitrogens with zero attached hydrogens (tertiary/aromatic N) is 1. The Hall–Kier alpha value is -3.08. The van der Waals surface area contributed by atoms with Gasteiger partial charge in [-0.2, -0.15) is 0 Å². The molecule has 0 aliphatic carbocycles.